The number of nitrogens with zero attached hydrogens (tertiary/aromatic N) is 1. The van der Waals surface area contributed by atoms with Crippen LogP contribution in [0.2, 0.25) is 0 Å². The van der Waals surface area contributed by atoms with Gasteiger partial charge in [-0.05, 0) is 42.5 Å². The Balaban J connectivity index is 1.90. The summed E-state index contributed by atoms with van der Waals surface area (Å²) in [4.78, 5) is 12.3. The van der Waals surface area contributed by atoms with Crippen molar-refractivity contribution in [3.8, 4) is 5.75 Å². The third kappa shape index (κ3) is 5.96. The number of hydrogen-bond donors (Lipinski definition) is 1. The molecule has 0 bridgehead atoms. The Hall–Kier alpha value is -2.59. The van der Waals surface area contributed by atoms with Gasteiger partial charge in [0.05, 0.1) is 17.0 Å². The first-order valence-electron chi connectivity index (χ1n) is 9.28. The molecule has 30 heavy (non-hydrogen) atoms. The molecule has 164 valence electrons. The van der Waals surface area contributed by atoms with Gasteiger partial charge in [0.15, 0.2) is 0 Å². The van der Waals surface area contributed by atoms with E-state index in [1.807, 2.05) is 0 Å². The molecule has 0 aromatic heterocycles. The summed E-state index contributed by atoms with van der Waals surface area (Å²) in [6, 6.07) is 9.99. The van der Waals surface area contributed by atoms with Crippen molar-refractivity contribution in [3.63, 3.8) is 0 Å². The Kier molecular flexibility index (Phi) is 7.85. The molecule has 0 saturated carbocycles. The molecule has 10 heteroatoms. The smallest absolute Gasteiger partial charge is 0.416 e. The minimum Gasteiger partial charge on any atom is -0.492 e. The molecule has 0 radical (unpaired) electrons. The molecule has 1 amide bonds. The standard InChI is InChI=1S/C20H23F3N2O4S/c1-3-25(4-2)30(27,28)18-10-8-15(9-11-18)19(26)24-12-13-29-17-7-5-6-16(14-17)20(21,22)23/h5-11,14H,3-4,12-13H2,1-2H3,(H,24,26). The molecule has 0 saturated heterocycles. The number of rotatable bonds is 9. The number of hydrogen-bond acceptors (Lipinski definition) is 4. The van der Waals surface area contributed by atoms with Crippen molar-refractivity contribution in [1.29, 1.82) is 0 Å². The maximum absolute atomic E-state index is 12.7. The van der Waals surface area contributed by atoms with Crippen LogP contribution in [0.5, 0.6) is 5.75 Å². The van der Waals surface area contributed by atoms with Crippen molar-refractivity contribution in [1.82, 2.24) is 9.62 Å². The van der Waals surface area contributed by atoms with Gasteiger partial charge in [-0.15, -0.1) is 0 Å². The van der Waals surface area contributed by atoms with E-state index in [0.29, 0.717) is 13.1 Å². The molecule has 1 N–H and O–H groups in total. The first-order chi connectivity index (χ1) is 14.1. The van der Waals surface area contributed by atoms with Gasteiger partial charge in [0, 0.05) is 18.7 Å². The van der Waals surface area contributed by atoms with Crippen LogP contribution >= 0.6 is 0 Å². The molecule has 0 heterocycles. The van der Waals surface area contributed by atoms with E-state index in [9.17, 15) is 26.4 Å². The number of nitrogens with one attached hydrogen (secondary N) is 1. The van der Waals surface area contributed by atoms with Gasteiger partial charge in [-0.25, -0.2) is 8.42 Å². The van der Waals surface area contributed by atoms with Crippen molar-refractivity contribution in [2.75, 3.05) is 26.2 Å². The van der Waals surface area contributed by atoms with Crippen LogP contribution in [0.25, 0.3) is 0 Å². The van der Waals surface area contributed by atoms with Gasteiger partial charge >= 0.3 is 6.18 Å². The zero-order valence-corrected chi connectivity index (χ0v) is 17.4. The predicted molar refractivity (Wildman–Crippen MR) is 106 cm³/mol. The fourth-order valence-electron chi connectivity index (χ4n) is 2.69. The van der Waals surface area contributed by atoms with Gasteiger partial charge in [-0.1, -0.05) is 19.9 Å². The highest BCUT2D eigenvalue weighted by Gasteiger charge is 2.30. The molecule has 6 nitrogen and oxygen atoms in total. The van der Waals surface area contributed by atoms with Crippen LogP contribution in [0.3, 0.4) is 0 Å². The number of sulfonamides is 1. The van der Waals surface area contributed by atoms with E-state index in [2.05, 4.69) is 5.32 Å². The topological polar surface area (TPSA) is 75.7 Å². The average molecular weight is 444 g/mol. The van der Waals surface area contributed by atoms with E-state index in [1.165, 1.54) is 40.7 Å². The predicted octanol–water partition coefficient (Wildman–Crippen LogP) is 3.54. The van der Waals surface area contributed by atoms with Crippen molar-refractivity contribution in [2.24, 2.45) is 0 Å². The van der Waals surface area contributed by atoms with Gasteiger partial charge in [0.2, 0.25) is 10.0 Å². The summed E-state index contributed by atoms with van der Waals surface area (Å²) in [6.45, 7) is 4.20. The maximum Gasteiger partial charge on any atom is 0.416 e. The Morgan fingerprint density at radius 3 is 2.27 bits per heavy atom. The Labute approximate surface area is 173 Å². The maximum atomic E-state index is 12.7. The number of carbonyl (C=O) groups excluding carboxylic acids is 1. The first kappa shape index (κ1) is 23.7. The van der Waals surface area contributed by atoms with E-state index >= 15 is 0 Å². The molecule has 2 rings (SSSR count). The van der Waals surface area contributed by atoms with Gasteiger partial charge in [0.1, 0.15) is 12.4 Å². The third-order valence-corrected chi connectivity index (χ3v) is 6.34. The fraction of sp³-hybridized carbons (Fsp3) is 0.350. The van der Waals surface area contributed by atoms with Crippen LogP contribution in [-0.4, -0.2) is 44.9 Å². The van der Waals surface area contributed by atoms with Crippen molar-refractivity contribution < 1.29 is 31.1 Å². The Morgan fingerprint density at radius 1 is 1.07 bits per heavy atom. The molecule has 0 aliphatic carbocycles. The summed E-state index contributed by atoms with van der Waals surface area (Å²) in [5.74, 6) is -0.403. The molecule has 0 unspecified atom stereocenters. The van der Waals surface area contributed by atoms with E-state index in [4.69, 9.17) is 4.74 Å². The minimum absolute atomic E-state index is 0.0263. The summed E-state index contributed by atoms with van der Waals surface area (Å²) >= 11 is 0. The van der Waals surface area contributed by atoms with Gasteiger partial charge in [-0.3, -0.25) is 4.79 Å². The van der Waals surface area contributed by atoms with Crippen LogP contribution in [0.1, 0.15) is 29.8 Å². The number of halogens is 3. The Bertz CT molecular complexity index is 957. The van der Waals surface area contributed by atoms with Gasteiger partial charge in [0.25, 0.3) is 5.91 Å². The number of amides is 1. The summed E-state index contributed by atoms with van der Waals surface area (Å²) < 4.78 is 69.5. The number of carbonyl (C=O) groups is 1. The molecule has 2 aromatic carbocycles. The second-order valence-corrected chi connectivity index (χ2v) is 8.18. The summed E-state index contributed by atoms with van der Waals surface area (Å²) in [6.07, 6.45) is -4.46. The van der Waals surface area contributed by atoms with Crippen molar-refractivity contribution in [3.05, 3.63) is 59.7 Å². The van der Waals surface area contributed by atoms with Crippen molar-refractivity contribution in [2.45, 2.75) is 24.9 Å². The summed E-state index contributed by atoms with van der Waals surface area (Å²) in [7, 11) is -3.61. The highest BCUT2D eigenvalue weighted by molar-refractivity contribution is 7.89. The molecular formula is C20H23F3N2O4S. The minimum atomic E-state index is -4.46. The highest BCUT2D eigenvalue weighted by atomic mass is 32.2. The van der Waals surface area contributed by atoms with Crippen LogP contribution < -0.4 is 10.1 Å². The quantitative estimate of drug-likeness (QED) is 0.601. The average Bonchev–Trinajstić information content (AvgIpc) is 2.71. The van der Waals surface area contributed by atoms with E-state index < -0.39 is 27.7 Å². The lowest BCUT2D eigenvalue weighted by Gasteiger charge is -2.18. The van der Waals surface area contributed by atoms with Crippen LogP contribution in [-0.2, 0) is 16.2 Å². The van der Waals surface area contributed by atoms with Crippen LogP contribution in [0.4, 0.5) is 13.2 Å². The molecule has 0 atom stereocenters. The SMILES string of the molecule is CCN(CC)S(=O)(=O)c1ccc(C(=O)NCCOc2cccc(C(F)(F)F)c2)cc1. The Morgan fingerprint density at radius 2 is 1.70 bits per heavy atom. The van der Waals surface area contributed by atoms with E-state index in [-0.39, 0.29) is 29.4 Å². The molecule has 0 spiro atoms. The van der Waals surface area contributed by atoms with Gasteiger partial charge < -0.3 is 10.1 Å². The van der Waals surface area contributed by atoms with E-state index in [1.54, 1.807) is 13.8 Å². The van der Waals surface area contributed by atoms with Crippen LogP contribution in [0.15, 0.2) is 53.4 Å². The van der Waals surface area contributed by atoms with E-state index in [0.717, 1.165) is 12.1 Å². The normalized spacial score (nSPS) is 12.1. The summed E-state index contributed by atoms with van der Waals surface area (Å²) in [5.41, 5.74) is -0.559. The zero-order valence-electron chi connectivity index (χ0n) is 16.6. The monoisotopic (exact) mass is 444 g/mol. The largest absolute Gasteiger partial charge is 0.492 e. The summed E-state index contributed by atoms with van der Waals surface area (Å²) in [5, 5.41) is 2.57. The number of alkyl halides is 3. The van der Waals surface area contributed by atoms with Crippen molar-refractivity contribution >= 4 is 15.9 Å². The number of ether oxygens (including phenoxy) is 1. The zero-order chi connectivity index (χ0) is 22.4. The lowest BCUT2D eigenvalue weighted by molar-refractivity contribution is -0.137. The molecule has 2 aromatic rings. The number of benzene rings is 2. The highest BCUT2D eigenvalue weighted by Crippen LogP contribution is 2.31. The molecular weight excluding hydrogens is 421 g/mol. The lowest BCUT2D eigenvalue weighted by Crippen LogP contribution is -2.31. The third-order valence-electron chi connectivity index (χ3n) is 4.28. The second kappa shape index (κ2) is 9.94. The van der Waals surface area contributed by atoms with Crippen LogP contribution in [0, 0.1) is 0 Å². The molecule has 0 aliphatic rings. The molecule has 0 fully saturated rings. The van der Waals surface area contributed by atoms with Gasteiger partial charge in [-0.2, -0.15) is 17.5 Å². The lowest BCUT2D eigenvalue weighted by atomic mass is 10.2. The fourth-order valence-corrected chi connectivity index (χ4v) is 4.15. The molecule has 0 aliphatic heterocycles. The first-order valence-corrected chi connectivity index (χ1v) is 10.7. The second-order valence-electron chi connectivity index (χ2n) is 6.24.